The molecule has 0 radical (unpaired) electrons. The number of rotatable bonds is 7. The van der Waals surface area contributed by atoms with E-state index in [1.54, 1.807) is 0 Å². The number of benzene rings is 1. The molecular weight excluding hydrogens is 276 g/mol. The lowest BCUT2D eigenvalue weighted by Crippen LogP contribution is -2.29. The fourth-order valence-electron chi connectivity index (χ4n) is 1.66. The van der Waals surface area contributed by atoms with Crippen LogP contribution >= 0.6 is 0 Å². The van der Waals surface area contributed by atoms with Crippen LogP contribution in [0.4, 0.5) is 5.69 Å². The molecule has 0 aliphatic carbocycles. The van der Waals surface area contributed by atoms with Gasteiger partial charge >= 0.3 is 0 Å². The number of methoxy groups -OCH3 is 1. The second kappa shape index (κ2) is 7.30. The Labute approximate surface area is 121 Å². The highest BCUT2D eigenvalue weighted by molar-refractivity contribution is 6.26. The molecule has 7 heteroatoms. The van der Waals surface area contributed by atoms with Crippen molar-refractivity contribution in [1.29, 1.82) is 0 Å². The number of nitrogens with two attached hydrogens (primary N) is 1. The van der Waals surface area contributed by atoms with Crippen molar-refractivity contribution in [3.63, 3.8) is 0 Å². The monoisotopic (exact) mass is 292 g/mol. The molecule has 1 aromatic carbocycles. The first kappa shape index (κ1) is 16.5. The van der Waals surface area contributed by atoms with Crippen LogP contribution in [0.5, 0.6) is 0 Å². The summed E-state index contributed by atoms with van der Waals surface area (Å²) >= 11 is 0. The smallest absolute Gasteiger partial charge is 0.253 e. The molecule has 0 aliphatic heterocycles. The number of carbonyl (C=O) groups is 4. The van der Waals surface area contributed by atoms with E-state index in [1.165, 1.54) is 32.2 Å². The number of primary amides is 1. The number of ether oxygens (including phenoxy) is 1. The van der Waals surface area contributed by atoms with Crippen molar-refractivity contribution in [3.05, 3.63) is 29.3 Å². The van der Waals surface area contributed by atoms with E-state index in [0.717, 1.165) is 0 Å². The molecule has 2 amide bonds. The van der Waals surface area contributed by atoms with Gasteiger partial charge in [-0.1, -0.05) is 12.1 Å². The van der Waals surface area contributed by atoms with Crippen LogP contribution in [0.3, 0.4) is 0 Å². The molecule has 7 nitrogen and oxygen atoms in total. The topological polar surface area (TPSA) is 116 Å². The fourth-order valence-corrected chi connectivity index (χ4v) is 1.66. The van der Waals surface area contributed by atoms with Gasteiger partial charge in [-0.05, 0) is 18.6 Å². The van der Waals surface area contributed by atoms with Crippen molar-refractivity contribution in [2.24, 2.45) is 5.73 Å². The number of ketones is 1. The van der Waals surface area contributed by atoms with Crippen LogP contribution in [0.1, 0.15) is 22.8 Å². The van der Waals surface area contributed by atoms with Gasteiger partial charge in [-0.2, -0.15) is 0 Å². The molecule has 0 saturated carbocycles. The Morgan fingerprint density at radius 2 is 2.05 bits per heavy atom. The van der Waals surface area contributed by atoms with Gasteiger partial charge in [-0.25, -0.2) is 0 Å². The summed E-state index contributed by atoms with van der Waals surface area (Å²) in [6, 6.07) is 4.47. The Bertz CT molecular complexity index is 583. The fraction of sp³-hybridized carbons (Fsp3) is 0.286. The van der Waals surface area contributed by atoms with Crippen LogP contribution in [0.25, 0.3) is 0 Å². The summed E-state index contributed by atoms with van der Waals surface area (Å²) in [4.78, 5) is 45.1. The van der Waals surface area contributed by atoms with Gasteiger partial charge < -0.3 is 15.8 Å². The van der Waals surface area contributed by atoms with E-state index in [-0.39, 0.29) is 24.0 Å². The van der Waals surface area contributed by atoms with Gasteiger partial charge in [0.05, 0.1) is 11.3 Å². The largest absolute Gasteiger partial charge is 0.372 e. The van der Waals surface area contributed by atoms with Crippen molar-refractivity contribution in [1.82, 2.24) is 0 Å². The molecule has 1 atom stereocenters. The highest BCUT2D eigenvalue weighted by Gasteiger charge is 2.19. The molecule has 112 valence electrons. The standard InChI is InChI=1S/C14H16N2O5/c1-8(21-2)14(20)16-12-9(6-10(18)7-17)4-3-5-11(12)13(15)19/h3-5,7-8H,6H2,1-2H3,(H2,15,19)(H,16,20)/t8-/m1/s1. The van der Waals surface area contributed by atoms with E-state index in [2.05, 4.69) is 5.32 Å². The minimum atomic E-state index is -0.754. The second-order valence-corrected chi connectivity index (χ2v) is 4.33. The molecule has 1 rings (SSSR count). The number of para-hydroxylation sites is 1. The van der Waals surface area contributed by atoms with Gasteiger partial charge in [0.1, 0.15) is 6.10 Å². The van der Waals surface area contributed by atoms with Gasteiger partial charge in [0.15, 0.2) is 12.1 Å². The highest BCUT2D eigenvalue weighted by atomic mass is 16.5. The maximum atomic E-state index is 11.9. The SMILES string of the molecule is CO[C@H](C)C(=O)Nc1c(CC(=O)C=O)cccc1C(N)=O. The number of amides is 2. The minimum absolute atomic E-state index is 0.0582. The normalized spacial score (nSPS) is 11.5. The lowest BCUT2D eigenvalue weighted by Gasteiger charge is -2.16. The highest BCUT2D eigenvalue weighted by Crippen LogP contribution is 2.22. The van der Waals surface area contributed by atoms with E-state index < -0.39 is 23.7 Å². The number of hydrogen-bond donors (Lipinski definition) is 2. The predicted molar refractivity (Wildman–Crippen MR) is 74.8 cm³/mol. The summed E-state index contributed by atoms with van der Waals surface area (Å²) in [5.41, 5.74) is 5.77. The van der Waals surface area contributed by atoms with Crippen molar-refractivity contribution in [2.75, 3.05) is 12.4 Å². The predicted octanol–water partition coefficient (Wildman–Crippen LogP) is 0.0694. The Hall–Kier alpha value is -2.54. The van der Waals surface area contributed by atoms with Crippen molar-refractivity contribution >= 4 is 29.6 Å². The molecule has 0 unspecified atom stereocenters. The van der Waals surface area contributed by atoms with Crippen LogP contribution in [-0.4, -0.2) is 37.1 Å². The molecule has 21 heavy (non-hydrogen) atoms. The second-order valence-electron chi connectivity index (χ2n) is 4.33. The summed E-state index contributed by atoms with van der Waals surface area (Å²) in [6.45, 7) is 1.53. The maximum absolute atomic E-state index is 11.9. The first-order chi connectivity index (χ1) is 9.90. The summed E-state index contributed by atoms with van der Waals surface area (Å²) in [7, 11) is 1.36. The molecule has 0 bridgehead atoms. The number of anilines is 1. The van der Waals surface area contributed by atoms with Gasteiger partial charge in [0.25, 0.3) is 11.8 Å². The lowest BCUT2D eigenvalue weighted by molar-refractivity contribution is -0.129. The molecule has 0 aliphatic rings. The quantitative estimate of drug-likeness (QED) is 0.545. The lowest BCUT2D eigenvalue weighted by atomic mass is 10.0. The molecular formula is C14H16N2O5. The van der Waals surface area contributed by atoms with Gasteiger partial charge in [-0.3, -0.25) is 19.2 Å². The molecule has 0 fully saturated rings. The Kier molecular flexibility index (Phi) is 5.74. The van der Waals surface area contributed by atoms with E-state index in [1.807, 2.05) is 0 Å². The van der Waals surface area contributed by atoms with E-state index in [0.29, 0.717) is 5.56 Å². The summed E-state index contributed by atoms with van der Waals surface area (Å²) < 4.78 is 4.88. The van der Waals surface area contributed by atoms with Crippen LogP contribution < -0.4 is 11.1 Å². The number of hydrogen-bond acceptors (Lipinski definition) is 5. The van der Waals surface area contributed by atoms with Gasteiger partial charge in [0.2, 0.25) is 0 Å². The van der Waals surface area contributed by atoms with E-state index in [9.17, 15) is 19.2 Å². The van der Waals surface area contributed by atoms with Crippen LogP contribution in [0.15, 0.2) is 18.2 Å². The average Bonchev–Trinajstić information content (AvgIpc) is 2.47. The third kappa shape index (κ3) is 4.22. The van der Waals surface area contributed by atoms with Crippen LogP contribution in [0, 0.1) is 0 Å². The summed E-state index contributed by atoms with van der Waals surface area (Å²) in [5, 5.41) is 2.51. The molecule has 0 saturated heterocycles. The number of Topliss-reactive ketones (excluding diaryl/α,β-unsaturated/α-hetero) is 1. The zero-order valence-corrected chi connectivity index (χ0v) is 11.7. The van der Waals surface area contributed by atoms with Gasteiger partial charge in [0, 0.05) is 13.5 Å². The molecule has 3 N–H and O–H groups in total. The average molecular weight is 292 g/mol. The van der Waals surface area contributed by atoms with Crippen molar-refractivity contribution < 1.29 is 23.9 Å². The third-order valence-corrected chi connectivity index (χ3v) is 2.88. The maximum Gasteiger partial charge on any atom is 0.253 e. The zero-order chi connectivity index (χ0) is 16.0. The van der Waals surface area contributed by atoms with E-state index >= 15 is 0 Å². The number of aldehydes is 1. The number of nitrogens with one attached hydrogen (secondary N) is 1. The molecule has 0 spiro atoms. The molecule has 0 heterocycles. The Morgan fingerprint density at radius 1 is 1.38 bits per heavy atom. The van der Waals surface area contributed by atoms with Crippen molar-refractivity contribution in [3.8, 4) is 0 Å². The third-order valence-electron chi connectivity index (χ3n) is 2.88. The number of carbonyl (C=O) groups excluding carboxylic acids is 4. The molecule has 1 aromatic rings. The Morgan fingerprint density at radius 3 is 2.57 bits per heavy atom. The zero-order valence-electron chi connectivity index (χ0n) is 11.7. The summed E-state index contributed by atoms with van der Waals surface area (Å²) in [5.74, 6) is -1.92. The van der Waals surface area contributed by atoms with Crippen LogP contribution in [-0.2, 0) is 25.5 Å². The first-order valence-electron chi connectivity index (χ1n) is 6.14. The van der Waals surface area contributed by atoms with Gasteiger partial charge in [-0.15, -0.1) is 0 Å². The first-order valence-corrected chi connectivity index (χ1v) is 6.14. The summed E-state index contributed by atoms with van der Waals surface area (Å²) in [6.07, 6.45) is -0.803. The molecule has 0 aromatic heterocycles. The van der Waals surface area contributed by atoms with Crippen LogP contribution in [0.2, 0.25) is 0 Å². The van der Waals surface area contributed by atoms with Crippen molar-refractivity contribution in [2.45, 2.75) is 19.4 Å². The van der Waals surface area contributed by atoms with E-state index in [4.69, 9.17) is 10.5 Å². The Balaban J connectivity index is 3.23. The minimum Gasteiger partial charge on any atom is -0.372 e.